The quantitative estimate of drug-likeness (QED) is 0.477. The van der Waals surface area contributed by atoms with Gasteiger partial charge in [0.1, 0.15) is 0 Å². The van der Waals surface area contributed by atoms with Crippen LogP contribution in [0.3, 0.4) is 0 Å². The molecule has 2 amide bonds. The number of carbonyl (C=O) groups excluding carboxylic acids is 3. The van der Waals surface area contributed by atoms with Gasteiger partial charge in [0, 0.05) is 10.5 Å². The molecule has 0 saturated heterocycles. The minimum atomic E-state index is -0.251. The second-order valence-electron chi connectivity index (χ2n) is 6.21. The van der Waals surface area contributed by atoms with E-state index < -0.39 is 0 Å². The third-order valence-electron chi connectivity index (χ3n) is 3.89. The summed E-state index contributed by atoms with van der Waals surface area (Å²) in [6.45, 7) is 1.73. The standard InChI is InChI=1S/C20H23N3O3S/c1-14(24)15-8-4-5-9-16(15)21-19(25)12-23(2)13-20(26)22-17-10-6-7-11-18(17)27-3/h4-11H,12-13H2,1-3H3,(H,21,25)(H,22,26)/p+1. The Bertz CT molecular complexity index is 839. The summed E-state index contributed by atoms with van der Waals surface area (Å²) in [4.78, 5) is 37.9. The zero-order chi connectivity index (χ0) is 19.8. The van der Waals surface area contributed by atoms with E-state index in [9.17, 15) is 14.4 Å². The molecule has 7 heteroatoms. The molecule has 0 aliphatic rings. The zero-order valence-electron chi connectivity index (χ0n) is 15.7. The maximum atomic E-state index is 12.3. The highest BCUT2D eigenvalue weighted by atomic mass is 32.2. The smallest absolute Gasteiger partial charge is 0.279 e. The monoisotopic (exact) mass is 386 g/mol. The van der Waals surface area contributed by atoms with Crippen LogP contribution >= 0.6 is 11.8 Å². The van der Waals surface area contributed by atoms with Gasteiger partial charge >= 0.3 is 0 Å². The van der Waals surface area contributed by atoms with Crippen LogP contribution in [0.15, 0.2) is 53.4 Å². The van der Waals surface area contributed by atoms with E-state index in [0.29, 0.717) is 11.3 Å². The Morgan fingerprint density at radius 1 is 0.889 bits per heavy atom. The Hall–Kier alpha value is -2.64. The molecular formula is C20H24N3O3S+. The average Bonchev–Trinajstić information content (AvgIpc) is 2.62. The summed E-state index contributed by atoms with van der Waals surface area (Å²) in [7, 11) is 1.77. The number of benzene rings is 2. The predicted molar refractivity (Wildman–Crippen MR) is 109 cm³/mol. The average molecular weight is 386 g/mol. The fourth-order valence-corrected chi connectivity index (χ4v) is 3.20. The molecule has 0 aliphatic heterocycles. The van der Waals surface area contributed by atoms with Crippen molar-refractivity contribution in [2.45, 2.75) is 11.8 Å². The lowest BCUT2D eigenvalue weighted by atomic mass is 10.1. The maximum absolute atomic E-state index is 12.3. The Labute approximate surface area is 163 Å². The molecule has 1 unspecified atom stereocenters. The molecule has 0 saturated carbocycles. The van der Waals surface area contributed by atoms with E-state index in [1.165, 1.54) is 6.92 Å². The van der Waals surface area contributed by atoms with Crippen molar-refractivity contribution in [2.75, 3.05) is 37.0 Å². The third kappa shape index (κ3) is 6.23. The fraction of sp³-hybridized carbons (Fsp3) is 0.250. The first kappa shape index (κ1) is 20.7. The van der Waals surface area contributed by atoms with Crippen molar-refractivity contribution in [2.24, 2.45) is 0 Å². The highest BCUT2D eigenvalue weighted by molar-refractivity contribution is 7.98. The number of carbonyl (C=O) groups is 3. The summed E-state index contributed by atoms with van der Waals surface area (Å²) >= 11 is 1.56. The first-order chi connectivity index (χ1) is 12.9. The number of rotatable bonds is 8. The lowest BCUT2D eigenvalue weighted by Crippen LogP contribution is -3.11. The molecule has 0 spiro atoms. The summed E-state index contributed by atoms with van der Waals surface area (Å²) in [6.07, 6.45) is 1.95. The van der Waals surface area contributed by atoms with Crippen molar-refractivity contribution in [3.63, 3.8) is 0 Å². The Balaban J connectivity index is 1.89. The summed E-state index contributed by atoms with van der Waals surface area (Å²) in [5.74, 6) is -0.525. The van der Waals surface area contributed by atoms with E-state index in [4.69, 9.17) is 0 Å². The topological polar surface area (TPSA) is 79.7 Å². The molecule has 2 aromatic carbocycles. The lowest BCUT2D eigenvalue weighted by molar-refractivity contribution is -0.862. The van der Waals surface area contributed by atoms with Crippen molar-refractivity contribution in [3.8, 4) is 0 Å². The number of nitrogens with one attached hydrogen (secondary N) is 3. The van der Waals surface area contributed by atoms with Gasteiger partial charge in [0.05, 0.1) is 18.4 Å². The van der Waals surface area contributed by atoms with Gasteiger partial charge in [-0.25, -0.2) is 0 Å². The van der Waals surface area contributed by atoms with Crippen molar-refractivity contribution in [3.05, 3.63) is 54.1 Å². The van der Waals surface area contributed by atoms with Crippen LogP contribution in [0.5, 0.6) is 0 Å². The van der Waals surface area contributed by atoms with E-state index in [2.05, 4.69) is 10.6 Å². The van der Waals surface area contributed by atoms with E-state index in [-0.39, 0.29) is 30.7 Å². The van der Waals surface area contributed by atoms with E-state index in [1.807, 2.05) is 30.5 Å². The lowest BCUT2D eigenvalue weighted by Gasteiger charge is -2.15. The Morgan fingerprint density at radius 3 is 2.00 bits per heavy atom. The highest BCUT2D eigenvalue weighted by Crippen LogP contribution is 2.24. The van der Waals surface area contributed by atoms with Gasteiger partial charge in [-0.3, -0.25) is 14.4 Å². The van der Waals surface area contributed by atoms with Gasteiger partial charge in [-0.05, 0) is 37.4 Å². The number of hydrogen-bond acceptors (Lipinski definition) is 4. The molecule has 27 heavy (non-hydrogen) atoms. The number of likely N-dealkylation sites (N-methyl/N-ethyl adjacent to an activating group) is 1. The van der Waals surface area contributed by atoms with E-state index >= 15 is 0 Å². The number of amides is 2. The van der Waals surface area contributed by atoms with Crippen LogP contribution in [-0.2, 0) is 9.59 Å². The predicted octanol–water partition coefficient (Wildman–Crippen LogP) is 1.70. The van der Waals surface area contributed by atoms with Crippen LogP contribution in [0.1, 0.15) is 17.3 Å². The molecule has 0 heterocycles. The number of Topliss-reactive ketones (excluding diaryl/α,β-unsaturated/α-hetero) is 1. The normalized spacial score (nSPS) is 11.5. The minimum Gasteiger partial charge on any atom is -0.322 e. The summed E-state index contributed by atoms with van der Waals surface area (Å²) in [5, 5.41) is 5.63. The number of ketones is 1. The number of para-hydroxylation sites is 2. The summed E-state index contributed by atoms with van der Waals surface area (Å²) in [5.41, 5.74) is 1.72. The van der Waals surface area contributed by atoms with Gasteiger partial charge in [-0.1, -0.05) is 24.3 Å². The molecule has 0 fully saturated rings. The number of quaternary nitrogens is 1. The van der Waals surface area contributed by atoms with Crippen molar-refractivity contribution < 1.29 is 19.3 Å². The Morgan fingerprint density at radius 2 is 1.41 bits per heavy atom. The summed E-state index contributed by atoms with van der Waals surface area (Å²) < 4.78 is 0. The van der Waals surface area contributed by atoms with Crippen molar-refractivity contribution in [1.29, 1.82) is 0 Å². The first-order valence-corrected chi connectivity index (χ1v) is 9.77. The van der Waals surface area contributed by atoms with Crippen LogP contribution < -0.4 is 15.5 Å². The van der Waals surface area contributed by atoms with Crippen molar-refractivity contribution >= 4 is 40.7 Å². The zero-order valence-corrected chi connectivity index (χ0v) is 16.5. The molecule has 0 bridgehead atoms. The van der Waals surface area contributed by atoms with Crippen LogP contribution in [-0.4, -0.2) is 44.0 Å². The number of hydrogen-bond donors (Lipinski definition) is 3. The van der Waals surface area contributed by atoms with Gasteiger partial charge in [-0.2, -0.15) is 0 Å². The Kier molecular flexibility index (Phi) is 7.57. The molecule has 0 aliphatic carbocycles. The molecular weight excluding hydrogens is 362 g/mol. The van der Waals surface area contributed by atoms with Crippen LogP contribution in [0.2, 0.25) is 0 Å². The molecule has 2 rings (SSSR count). The largest absolute Gasteiger partial charge is 0.322 e. The summed E-state index contributed by atoms with van der Waals surface area (Å²) in [6, 6.07) is 14.5. The molecule has 0 aromatic heterocycles. The SMILES string of the molecule is CSc1ccccc1NC(=O)C[NH+](C)CC(=O)Nc1ccccc1C(C)=O. The third-order valence-corrected chi connectivity index (χ3v) is 4.68. The van der Waals surface area contributed by atoms with E-state index in [0.717, 1.165) is 15.5 Å². The van der Waals surface area contributed by atoms with E-state index in [1.54, 1.807) is 43.1 Å². The van der Waals surface area contributed by atoms with Gasteiger partial charge in [-0.15, -0.1) is 11.8 Å². The molecule has 142 valence electrons. The number of thioether (sulfide) groups is 1. The van der Waals surface area contributed by atoms with Gasteiger partial charge in [0.15, 0.2) is 18.9 Å². The molecule has 6 nitrogen and oxygen atoms in total. The maximum Gasteiger partial charge on any atom is 0.279 e. The van der Waals surface area contributed by atoms with Crippen molar-refractivity contribution in [1.82, 2.24) is 0 Å². The van der Waals surface area contributed by atoms with Gasteiger partial charge in [0.2, 0.25) is 0 Å². The van der Waals surface area contributed by atoms with Crippen LogP contribution in [0.25, 0.3) is 0 Å². The molecule has 2 aromatic rings. The van der Waals surface area contributed by atoms with Crippen LogP contribution in [0, 0.1) is 0 Å². The second kappa shape index (κ2) is 9.89. The van der Waals surface area contributed by atoms with Gasteiger partial charge < -0.3 is 15.5 Å². The number of anilines is 2. The fourth-order valence-electron chi connectivity index (χ4n) is 2.65. The first-order valence-electron chi connectivity index (χ1n) is 8.54. The van der Waals surface area contributed by atoms with Crippen LogP contribution in [0.4, 0.5) is 11.4 Å². The minimum absolute atomic E-state index is 0.113. The second-order valence-corrected chi connectivity index (χ2v) is 7.06. The molecule has 3 N–H and O–H groups in total. The van der Waals surface area contributed by atoms with Gasteiger partial charge in [0.25, 0.3) is 11.8 Å². The highest BCUT2D eigenvalue weighted by Gasteiger charge is 2.16. The molecule has 0 radical (unpaired) electrons. The molecule has 1 atom stereocenters.